The molecule has 1 aliphatic rings. The molecule has 1 atom stereocenters. The van der Waals surface area contributed by atoms with Gasteiger partial charge in [0.2, 0.25) is 0 Å². The minimum Gasteiger partial charge on any atom is -0.491 e. The summed E-state index contributed by atoms with van der Waals surface area (Å²) in [5.74, 6) is 0.866. The SMILES string of the molecule is Cc1ccc(OCC(O)CNC2CCCC2)c(C)c1.Cl. The Labute approximate surface area is 128 Å². The van der Waals surface area contributed by atoms with Gasteiger partial charge in [0.1, 0.15) is 18.5 Å². The normalized spacial score (nSPS) is 16.8. The first-order chi connectivity index (χ1) is 9.15. The molecule has 114 valence electrons. The van der Waals surface area contributed by atoms with E-state index >= 15 is 0 Å². The average molecular weight is 300 g/mol. The Balaban J connectivity index is 0.00000200. The minimum absolute atomic E-state index is 0. The van der Waals surface area contributed by atoms with Gasteiger partial charge in [0.25, 0.3) is 0 Å². The van der Waals surface area contributed by atoms with Gasteiger partial charge in [-0.1, -0.05) is 30.5 Å². The third-order valence-electron chi connectivity index (χ3n) is 3.76. The summed E-state index contributed by atoms with van der Waals surface area (Å²) >= 11 is 0. The van der Waals surface area contributed by atoms with Crippen LogP contribution in [0.2, 0.25) is 0 Å². The molecule has 4 heteroatoms. The van der Waals surface area contributed by atoms with Gasteiger partial charge in [0, 0.05) is 12.6 Å². The Morgan fingerprint density at radius 2 is 2.00 bits per heavy atom. The van der Waals surface area contributed by atoms with Crippen molar-refractivity contribution in [3.63, 3.8) is 0 Å². The second-order valence-corrected chi connectivity index (χ2v) is 5.62. The van der Waals surface area contributed by atoms with Gasteiger partial charge in [-0.3, -0.25) is 0 Å². The maximum atomic E-state index is 9.93. The summed E-state index contributed by atoms with van der Waals surface area (Å²) in [4.78, 5) is 0. The first-order valence-corrected chi connectivity index (χ1v) is 7.26. The molecule has 0 aliphatic heterocycles. The van der Waals surface area contributed by atoms with Gasteiger partial charge in [0.15, 0.2) is 0 Å². The molecular weight excluding hydrogens is 274 g/mol. The zero-order valence-electron chi connectivity index (χ0n) is 12.4. The van der Waals surface area contributed by atoms with E-state index in [-0.39, 0.29) is 12.4 Å². The van der Waals surface area contributed by atoms with E-state index in [9.17, 15) is 5.11 Å². The van der Waals surface area contributed by atoms with Gasteiger partial charge < -0.3 is 15.2 Å². The maximum absolute atomic E-state index is 9.93. The summed E-state index contributed by atoms with van der Waals surface area (Å²) in [6, 6.07) is 6.70. The Hall–Kier alpha value is -0.770. The van der Waals surface area contributed by atoms with Gasteiger partial charge in [-0.25, -0.2) is 0 Å². The Morgan fingerprint density at radius 3 is 2.65 bits per heavy atom. The van der Waals surface area contributed by atoms with Crippen LogP contribution in [0.25, 0.3) is 0 Å². The van der Waals surface area contributed by atoms with E-state index in [4.69, 9.17) is 4.74 Å². The molecule has 0 radical (unpaired) electrons. The van der Waals surface area contributed by atoms with Crippen molar-refractivity contribution in [2.45, 2.75) is 51.7 Å². The zero-order valence-corrected chi connectivity index (χ0v) is 13.2. The fourth-order valence-electron chi connectivity index (χ4n) is 2.64. The molecule has 0 saturated heterocycles. The van der Waals surface area contributed by atoms with Crippen LogP contribution >= 0.6 is 12.4 Å². The highest BCUT2D eigenvalue weighted by Gasteiger charge is 2.15. The molecule has 1 aromatic rings. The fourth-order valence-corrected chi connectivity index (χ4v) is 2.64. The number of aliphatic hydroxyl groups is 1. The van der Waals surface area contributed by atoms with Crippen LogP contribution in [-0.2, 0) is 0 Å². The summed E-state index contributed by atoms with van der Waals surface area (Å²) in [6.45, 7) is 5.07. The lowest BCUT2D eigenvalue weighted by molar-refractivity contribution is 0.103. The fraction of sp³-hybridized carbons (Fsp3) is 0.625. The molecule has 1 aromatic carbocycles. The number of aliphatic hydroxyl groups excluding tert-OH is 1. The lowest BCUT2D eigenvalue weighted by atomic mass is 10.1. The largest absolute Gasteiger partial charge is 0.491 e. The lowest BCUT2D eigenvalue weighted by Crippen LogP contribution is -2.36. The molecule has 0 bridgehead atoms. The van der Waals surface area contributed by atoms with Gasteiger partial charge in [-0.2, -0.15) is 0 Å². The van der Waals surface area contributed by atoms with Crippen LogP contribution in [0.1, 0.15) is 36.8 Å². The van der Waals surface area contributed by atoms with Crippen molar-refractivity contribution in [1.82, 2.24) is 5.32 Å². The van der Waals surface area contributed by atoms with E-state index in [1.807, 2.05) is 19.1 Å². The van der Waals surface area contributed by atoms with Gasteiger partial charge in [-0.05, 0) is 38.3 Å². The van der Waals surface area contributed by atoms with Crippen molar-refractivity contribution in [2.75, 3.05) is 13.2 Å². The van der Waals surface area contributed by atoms with Crippen LogP contribution in [0.15, 0.2) is 18.2 Å². The molecule has 1 saturated carbocycles. The van der Waals surface area contributed by atoms with Gasteiger partial charge in [0.05, 0.1) is 0 Å². The van der Waals surface area contributed by atoms with Gasteiger partial charge >= 0.3 is 0 Å². The minimum atomic E-state index is -0.443. The van der Waals surface area contributed by atoms with E-state index in [0.29, 0.717) is 19.2 Å². The van der Waals surface area contributed by atoms with E-state index in [2.05, 4.69) is 18.3 Å². The number of benzene rings is 1. The van der Waals surface area contributed by atoms with E-state index < -0.39 is 6.10 Å². The molecule has 0 heterocycles. The van der Waals surface area contributed by atoms with Crippen LogP contribution in [0.3, 0.4) is 0 Å². The van der Waals surface area contributed by atoms with Crippen molar-refractivity contribution in [3.05, 3.63) is 29.3 Å². The second kappa shape index (κ2) is 8.50. The van der Waals surface area contributed by atoms with Crippen LogP contribution in [-0.4, -0.2) is 30.4 Å². The van der Waals surface area contributed by atoms with E-state index in [1.165, 1.54) is 31.2 Å². The molecule has 0 amide bonds. The smallest absolute Gasteiger partial charge is 0.122 e. The summed E-state index contributed by atoms with van der Waals surface area (Å²) in [5, 5.41) is 13.3. The van der Waals surface area contributed by atoms with Gasteiger partial charge in [-0.15, -0.1) is 12.4 Å². The zero-order chi connectivity index (χ0) is 13.7. The first-order valence-electron chi connectivity index (χ1n) is 7.26. The van der Waals surface area contributed by atoms with E-state index in [0.717, 1.165) is 11.3 Å². The third-order valence-corrected chi connectivity index (χ3v) is 3.76. The number of halogens is 1. The highest BCUT2D eigenvalue weighted by molar-refractivity contribution is 5.85. The first kappa shape index (κ1) is 17.3. The van der Waals surface area contributed by atoms with Crippen LogP contribution in [0.4, 0.5) is 0 Å². The van der Waals surface area contributed by atoms with Crippen molar-refractivity contribution < 1.29 is 9.84 Å². The topological polar surface area (TPSA) is 41.5 Å². The molecule has 1 fully saturated rings. The molecular formula is C16H26ClNO2. The quantitative estimate of drug-likeness (QED) is 0.848. The summed E-state index contributed by atoms with van der Waals surface area (Å²) < 4.78 is 5.68. The van der Waals surface area contributed by atoms with Crippen LogP contribution in [0, 0.1) is 13.8 Å². The van der Waals surface area contributed by atoms with E-state index in [1.54, 1.807) is 0 Å². The third kappa shape index (κ3) is 5.31. The molecule has 1 aliphatic carbocycles. The number of aryl methyl sites for hydroxylation is 2. The Morgan fingerprint density at radius 1 is 1.30 bits per heavy atom. The predicted octanol–water partition coefficient (Wildman–Crippen LogP) is 3.00. The summed E-state index contributed by atoms with van der Waals surface area (Å²) in [5.41, 5.74) is 2.35. The molecule has 1 unspecified atom stereocenters. The number of hydrogen-bond donors (Lipinski definition) is 2. The average Bonchev–Trinajstić information content (AvgIpc) is 2.88. The second-order valence-electron chi connectivity index (χ2n) is 5.62. The molecule has 2 rings (SSSR count). The van der Waals surface area contributed by atoms with Crippen molar-refractivity contribution in [3.8, 4) is 5.75 Å². The lowest BCUT2D eigenvalue weighted by Gasteiger charge is -2.17. The maximum Gasteiger partial charge on any atom is 0.122 e. The molecule has 0 spiro atoms. The number of rotatable bonds is 6. The highest BCUT2D eigenvalue weighted by Crippen LogP contribution is 2.19. The van der Waals surface area contributed by atoms with Crippen molar-refractivity contribution in [1.29, 1.82) is 0 Å². The monoisotopic (exact) mass is 299 g/mol. The van der Waals surface area contributed by atoms with Crippen molar-refractivity contribution >= 4 is 12.4 Å². The Kier molecular flexibility index (Phi) is 7.35. The molecule has 20 heavy (non-hydrogen) atoms. The summed E-state index contributed by atoms with van der Waals surface area (Å²) in [6.07, 6.45) is 4.66. The van der Waals surface area contributed by atoms with Crippen molar-refractivity contribution in [2.24, 2.45) is 0 Å². The number of nitrogens with one attached hydrogen (secondary N) is 1. The molecule has 0 aromatic heterocycles. The predicted molar refractivity (Wildman–Crippen MR) is 84.9 cm³/mol. The van der Waals surface area contributed by atoms with Crippen LogP contribution in [0.5, 0.6) is 5.75 Å². The molecule has 3 nitrogen and oxygen atoms in total. The Bertz CT molecular complexity index is 405. The number of ether oxygens (including phenoxy) is 1. The highest BCUT2D eigenvalue weighted by atomic mass is 35.5. The standard InChI is InChI=1S/C16H25NO2.ClH/c1-12-7-8-16(13(2)9-12)19-11-15(18)10-17-14-5-3-4-6-14;/h7-9,14-15,17-18H,3-6,10-11H2,1-2H3;1H. The summed E-state index contributed by atoms with van der Waals surface area (Å²) in [7, 11) is 0. The number of hydrogen-bond acceptors (Lipinski definition) is 3. The molecule has 2 N–H and O–H groups in total. The van der Waals surface area contributed by atoms with Crippen LogP contribution < -0.4 is 10.1 Å².